The predicted octanol–water partition coefficient (Wildman–Crippen LogP) is 13.3. The van der Waals surface area contributed by atoms with Gasteiger partial charge in [-0.3, -0.25) is 0 Å². The molecule has 1 aliphatic rings. The minimum absolute atomic E-state index is 0.675. The molecule has 1 aliphatic carbocycles. The van der Waals surface area contributed by atoms with E-state index in [1.54, 1.807) is 0 Å². The first-order valence-corrected chi connectivity index (χ1v) is 17.1. The van der Waals surface area contributed by atoms with Crippen LogP contribution in [0.1, 0.15) is 5.56 Å². The van der Waals surface area contributed by atoms with Gasteiger partial charge in [0, 0.05) is 5.56 Å². The van der Waals surface area contributed by atoms with E-state index < -0.39 is 0 Å². The third kappa shape index (κ3) is 4.19. The van der Waals surface area contributed by atoms with Crippen molar-refractivity contribution in [2.24, 2.45) is 0 Å². The van der Waals surface area contributed by atoms with Crippen LogP contribution >= 0.6 is 0 Å². The molecule has 0 radical (unpaired) electrons. The highest BCUT2D eigenvalue weighted by Gasteiger charge is 2.31. The molecule has 0 amide bonds. The molecule has 0 spiro atoms. The SMILES string of the molecule is N#Cc1ccc(-c2ccc3c4c(cccc24)-c2c-3c(-c3ccccc3)c3ccccc3c2-c2ccccc2)cc1-c1ccc2ccccc2c1. The molecule has 0 fully saturated rings. The van der Waals surface area contributed by atoms with E-state index in [1.807, 2.05) is 6.07 Å². The predicted molar refractivity (Wildman–Crippen MR) is 210 cm³/mol. The molecule has 0 unspecified atom stereocenters. The van der Waals surface area contributed by atoms with Gasteiger partial charge in [-0.1, -0.05) is 158 Å². The molecule has 9 aromatic carbocycles. The summed E-state index contributed by atoms with van der Waals surface area (Å²) in [6.07, 6.45) is 0. The molecule has 50 heavy (non-hydrogen) atoms. The Morgan fingerprint density at radius 3 is 1.54 bits per heavy atom. The lowest BCUT2D eigenvalue weighted by Crippen LogP contribution is -1.93. The smallest absolute Gasteiger partial charge is 0.0998 e. The second-order valence-corrected chi connectivity index (χ2v) is 13.1. The van der Waals surface area contributed by atoms with Crippen LogP contribution < -0.4 is 0 Å². The number of fused-ring (bicyclic) bond motifs is 5. The van der Waals surface area contributed by atoms with E-state index in [2.05, 4.69) is 176 Å². The molecule has 9 aromatic rings. The summed E-state index contributed by atoms with van der Waals surface area (Å²) >= 11 is 0. The fourth-order valence-electron chi connectivity index (χ4n) is 8.27. The summed E-state index contributed by atoms with van der Waals surface area (Å²) in [5.41, 5.74) is 15.0. The average molecular weight is 632 g/mol. The summed E-state index contributed by atoms with van der Waals surface area (Å²) in [7, 11) is 0. The van der Waals surface area contributed by atoms with Crippen molar-refractivity contribution in [3.63, 3.8) is 0 Å². The molecule has 0 bridgehead atoms. The van der Waals surface area contributed by atoms with E-state index >= 15 is 0 Å². The van der Waals surface area contributed by atoms with Gasteiger partial charge in [0.05, 0.1) is 11.6 Å². The van der Waals surface area contributed by atoms with Crippen LogP contribution in [0.2, 0.25) is 0 Å². The van der Waals surface area contributed by atoms with Gasteiger partial charge in [0.2, 0.25) is 0 Å². The number of hydrogen-bond donors (Lipinski definition) is 0. The summed E-state index contributed by atoms with van der Waals surface area (Å²) in [6, 6.07) is 65.6. The third-order valence-corrected chi connectivity index (χ3v) is 10.4. The number of nitrogens with zero attached hydrogens (tertiary/aromatic N) is 1. The maximum Gasteiger partial charge on any atom is 0.0998 e. The second-order valence-electron chi connectivity index (χ2n) is 13.1. The van der Waals surface area contributed by atoms with Gasteiger partial charge in [0.1, 0.15) is 0 Å². The second kappa shape index (κ2) is 11.2. The lowest BCUT2D eigenvalue weighted by molar-refractivity contribution is 1.48. The molecule has 0 saturated carbocycles. The summed E-state index contributed by atoms with van der Waals surface area (Å²) in [4.78, 5) is 0. The fraction of sp³-hybridized carbons (Fsp3) is 0. The standard InChI is InChI=1S/C49H29N/c50-30-37-25-24-36(29-44(37)35-23-22-31-12-7-8-17-34(31)28-35)38-26-27-43-47-39(38)20-11-21-42(47)48-45(32-13-3-1-4-14-32)40-18-9-10-19-41(40)46(49(43)48)33-15-5-2-6-16-33/h1-29H. The number of benzene rings is 9. The Balaban J connectivity index is 1.26. The fourth-order valence-corrected chi connectivity index (χ4v) is 8.27. The normalized spacial score (nSPS) is 11.6. The molecule has 0 saturated heterocycles. The van der Waals surface area contributed by atoms with E-state index in [9.17, 15) is 5.26 Å². The van der Waals surface area contributed by atoms with Crippen LogP contribution in [0.25, 0.3) is 99.1 Å². The zero-order valence-corrected chi connectivity index (χ0v) is 27.2. The molecule has 230 valence electrons. The molecule has 0 aromatic heterocycles. The molecule has 0 heterocycles. The Morgan fingerprint density at radius 1 is 0.320 bits per heavy atom. The topological polar surface area (TPSA) is 23.8 Å². The van der Waals surface area contributed by atoms with Crippen LogP contribution in [-0.2, 0) is 0 Å². The van der Waals surface area contributed by atoms with Gasteiger partial charge in [-0.25, -0.2) is 0 Å². The Bertz CT molecular complexity index is 2760. The van der Waals surface area contributed by atoms with E-state index in [0.29, 0.717) is 5.56 Å². The van der Waals surface area contributed by atoms with Crippen molar-refractivity contribution >= 4 is 32.3 Å². The van der Waals surface area contributed by atoms with Gasteiger partial charge in [-0.2, -0.15) is 5.26 Å². The Hall–Kier alpha value is -6.75. The highest BCUT2D eigenvalue weighted by molar-refractivity contribution is 6.28. The summed E-state index contributed by atoms with van der Waals surface area (Å²) in [6.45, 7) is 0. The maximum atomic E-state index is 10.2. The highest BCUT2D eigenvalue weighted by Crippen LogP contribution is 2.58. The van der Waals surface area contributed by atoms with Crippen LogP contribution in [0.15, 0.2) is 176 Å². The van der Waals surface area contributed by atoms with Crippen LogP contribution in [-0.4, -0.2) is 0 Å². The maximum absolute atomic E-state index is 10.2. The third-order valence-electron chi connectivity index (χ3n) is 10.4. The molecule has 1 heteroatoms. The quantitative estimate of drug-likeness (QED) is 0.190. The monoisotopic (exact) mass is 631 g/mol. The van der Waals surface area contributed by atoms with Crippen molar-refractivity contribution in [1.82, 2.24) is 0 Å². The molecule has 0 N–H and O–H groups in total. The largest absolute Gasteiger partial charge is 0.192 e. The molecule has 1 nitrogen and oxygen atoms in total. The first-order chi connectivity index (χ1) is 24.8. The molecule has 10 rings (SSSR count). The Kier molecular flexibility index (Phi) is 6.31. The number of rotatable bonds is 4. The van der Waals surface area contributed by atoms with Crippen molar-refractivity contribution in [3.8, 4) is 72.8 Å². The van der Waals surface area contributed by atoms with Gasteiger partial charge in [-0.05, 0) is 112 Å². The van der Waals surface area contributed by atoms with Crippen LogP contribution in [0, 0.1) is 11.3 Å². The minimum Gasteiger partial charge on any atom is -0.192 e. The first-order valence-electron chi connectivity index (χ1n) is 17.1. The van der Waals surface area contributed by atoms with Gasteiger partial charge >= 0.3 is 0 Å². The zero-order chi connectivity index (χ0) is 33.2. The van der Waals surface area contributed by atoms with Gasteiger partial charge in [0.15, 0.2) is 0 Å². The highest BCUT2D eigenvalue weighted by atomic mass is 14.3. The molecular weight excluding hydrogens is 603 g/mol. The number of nitriles is 1. The number of hydrogen-bond acceptors (Lipinski definition) is 1. The van der Waals surface area contributed by atoms with Crippen molar-refractivity contribution in [2.45, 2.75) is 0 Å². The van der Waals surface area contributed by atoms with Crippen molar-refractivity contribution in [2.75, 3.05) is 0 Å². The lowest BCUT2D eigenvalue weighted by Gasteiger charge is -2.20. The average Bonchev–Trinajstić information content (AvgIpc) is 3.52. The van der Waals surface area contributed by atoms with E-state index in [1.165, 1.54) is 76.8 Å². The summed E-state index contributed by atoms with van der Waals surface area (Å²) < 4.78 is 0. The van der Waals surface area contributed by atoms with Crippen molar-refractivity contribution in [1.29, 1.82) is 5.26 Å². The van der Waals surface area contributed by atoms with Crippen LogP contribution in [0.4, 0.5) is 0 Å². The van der Waals surface area contributed by atoms with E-state index in [4.69, 9.17) is 0 Å². The summed E-state index contributed by atoms with van der Waals surface area (Å²) in [5.74, 6) is 0. The summed E-state index contributed by atoms with van der Waals surface area (Å²) in [5, 5.41) is 17.5. The zero-order valence-electron chi connectivity index (χ0n) is 27.2. The van der Waals surface area contributed by atoms with E-state index in [-0.39, 0.29) is 0 Å². The first kappa shape index (κ1) is 28.3. The van der Waals surface area contributed by atoms with Gasteiger partial charge in [-0.15, -0.1) is 0 Å². The van der Waals surface area contributed by atoms with Gasteiger partial charge < -0.3 is 0 Å². The van der Waals surface area contributed by atoms with Crippen LogP contribution in [0.5, 0.6) is 0 Å². The Labute approximate surface area is 291 Å². The molecule has 0 aliphatic heterocycles. The van der Waals surface area contributed by atoms with Crippen molar-refractivity contribution in [3.05, 3.63) is 181 Å². The van der Waals surface area contributed by atoms with Crippen molar-refractivity contribution < 1.29 is 0 Å². The molecular formula is C49H29N. The van der Waals surface area contributed by atoms with Gasteiger partial charge in [0.25, 0.3) is 0 Å². The minimum atomic E-state index is 0.675. The Morgan fingerprint density at radius 2 is 0.860 bits per heavy atom. The van der Waals surface area contributed by atoms with E-state index in [0.717, 1.165) is 22.3 Å². The van der Waals surface area contributed by atoms with Crippen LogP contribution in [0.3, 0.4) is 0 Å². The lowest BCUT2D eigenvalue weighted by atomic mass is 9.82. The molecule has 0 atom stereocenters.